The second-order valence-corrected chi connectivity index (χ2v) is 6.94. The van der Waals surface area contributed by atoms with Crippen molar-refractivity contribution >= 4 is 28.9 Å². The standard InChI is InChI=1S/C19H17Cl2NO/c1-23-12-6-8-18-16(10-12)13-3-2-4-14(13)19(22-18)15-7-5-11(20)9-17(15)21/h2-3,5-10,13-14,19,22H,4H2,1H3/t13-,14-,19-/m0/s1. The highest BCUT2D eigenvalue weighted by Gasteiger charge is 2.38. The minimum absolute atomic E-state index is 0.181. The van der Waals surface area contributed by atoms with Crippen molar-refractivity contribution in [2.45, 2.75) is 18.4 Å². The molecule has 2 aliphatic rings. The lowest BCUT2D eigenvalue weighted by Crippen LogP contribution is -2.29. The van der Waals surface area contributed by atoms with Crippen molar-refractivity contribution < 1.29 is 4.74 Å². The summed E-state index contributed by atoms with van der Waals surface area (Å²) >= 11 is 12.5. The molecule has 118 valence electrons. The number of rotatable bonds is 2. The summed E-state index contributed by atoms with van der Waals surface area (Å²) in [7, 11) is 1.70. The summed E-state index contributed by atoms with van der Waals surface area (Å²) in [6.45, 7) is 0. The van der Waals surface area contributed by atoms with Crippen molar-refractivity contribution in [1.29, 1.82) is 0 Å². The highest BCUT2D eigenvalue weighted by molar-refractivity contribution is 6.35. The summed E-state index contributed by atoms with van der Waals surface area (Å²) in [5.41, 5.74) is 3.55. The lowest BCUT2D eigenvalue weighted by atomic mass is 9.77. The van der Waals surface area contributed by atoms with Crippen LogP contribution in [-0.4, -0.2) is 7.11 Å². The molecule has 0 saturated heterocycles. The number of hydrogen-bond acceptors (Lipinski definition) is 2. The largest absolute Gasteiger partial charge is 0.497 e. The minimum Gasteiger partial charge on any atom is -0.497 e. The Balaban J connectivity index is 1.79. The highest BCUT2D eigenvalue weighted by Crippen LogP contribution is 2.51. The van der Waals surface area contributed by atoms with Crippen LogP contribution in [0, 0.1) is 5.92 Å². The van der Waals surface area contributed by atoms with Crippen LogP contribution in [0.5, 0.6) is 5.75 Å². The number of fused-ring (bicyclic) bond motifs is 3. The van der Waals surface area contributed by atoms with Gasteiger partial charge in [-0.25, -0.2) is 0 Å². The van der Waals surface area contributed by atoms with Gasteiger partial charge in [-0.2, -0.15) is 0 Å². The van der Waals surface area contributed by atoms with E-state index >= 15 is 0 Å². The van der Waals surface area contributed by atoms with Crippen LogP contribution in [0.1, 0.15) is 29.5 Å². The summed E-state index contributed by atoms with van der Waals surface area (Å²) < 4.78 is 5.38. The molecule has 1 N–H and O–H groups in total. The molecule has 0 radical (unpaired) electrons. The van der Waals surface area contributed by atoms with Crippen LogP contribution in [0.2, 0.25) is 10.0 Å². The zero-order valence-corrected chi connectivity index (χ0v) is 14.2. The van der Waals surface area contributed by atoms with Gasteiger partial charge in [0, 0.05) is 21.7 Å². The van der Waals surface area contributed by atoms with Gasteiger partial charge in [0.15, 0.2) is 0 Å². The Morgan fingerprint density at radius 3 is 2.74 bits per heavy atom. The lowest BCUT2D eigenvalue weighted by molar-refractivity contribution is 0.405. The predicted molar refractivity (Wildman–Crippen MR) is 95.8 cm³/mol. The number of halogens is 2. The number of allylic oxidation sites excluding steroid dienone is 2. The van der Waals surface area contributed by atoms with Crippen LogP contribution in [0.4, 0.5) is 5.69 Å². The zero-order valence-electron chi connectivity index (χ0n) is 12.7. The number of hydrogen-bond donors (Lipinski definition) is 1. The first kappa shape index (κ1) is 14.9. The van der Waals surface area contributed by atoms with Gasteiger partial charge in [0.2, 0.25) is 0 Å². The summed E-state index contributed by atoms with van der Waals surface area (Å²) in [4.78, 5) is 0. The molecule has 4 rings (SSSR count). The van der Waals surface area contributed by atoms with E-state index in [1.54, 1.807) is 7.11 Å². The van der Waals surface area contributed by atoms with E-state index in [9.17, 15) is 0 Å². The van der Waals surface area contributed by atoms with E-state index in [-0.39, 0.29) is 6.04 Å². The first-order chi connectivity index (χ1) is 11.2. The topological polar surface area (TPSA) is 21.3 Å². The van der Waals surface area contributed by atoms with Crippen molar-refractivity contribution in [3.8, 4) is 5.75 Å². The lowest BCUT2D eigenvalue weighted by Gasteiger charge is -2.38. The van der Waals surface area contributed by atoms with Crippen molar-refractivity contribution in [2.24, 2.45) is 5.92 Å². The van der Waals surface area contributed by atoms with Gasteiger partial charge < -0.3 is 10.1 Å². The highest BCUT2D eigenvalue weighted by atomic mass is 35.5. The SMILES string of the molecule is COc1ccc2c(c1)[C@H]1C=CC[C@@H]1[C@@H](c1ccc(Cl)cc1Cl)N2. The molecule has 0 saturated carbocycles. The molecule has 2 aromatic carbocycles. The van der Waals surface area contributed by atoms with Gasteiger partial charge in [0.1, 0.15) is 5.75 Å². The van der Waals surface area contributed by atoms with Gasteiger partial charge in [-0.05, 0) is 53.8 Å². The van der Waals surface area contributed by atoms with Gasteiger partial charge in [-0.1, -0.05) is 41.4 Å². The van der Waals surface area contributed by atoms with E-state index in [0.717, 1.165) is 28.4 Å². The van der Waals surface area contributed by atoms with Crippen molar-refractivity contribution in [2.75, 3.05) is 12.4 Å². The Morgan fingerprint density at radius 1 is 1.09 bits per heavy atom. The summed E-state index contributed by atoms with van der Waals surface area (Å²) in [6, 6.07) is 12.2. The fourth-order valence-corrected chi connectivity index (χ4v) is 4.29. The number of benzene rings is 2. The summed E-state index contributed by atoms with van der Waals surface area (Å²) in [6.07, 6.45) is 5.61. The van der Waals surface area contributed by atoms with Crippen LogP contribution in [-0.2, 0) is 0 Å². The van der Waals surface area contributed by atoms with E-state index in [1.807, 2.05) is 24.3 Å². The fraction of sp³-hybridized carbons (Fsp3) is 0.263. The Hall–Kier alpha value is -1.64. The maximum absolute atomic E-state index is 6.46. The predicted octanol–water partition coefficient (Wildman–Crippen LogP) is 5.83. The van der Waals surface area contributed by atoms with Crippen molar-refractivity contribution in [3.63, 3.8) is 0 Å². The maximum Gasteiger partial charge on any atom is 0.119 e. The fourth-order valence-electron chi connectivity index (χ4n) is 3.76. The summed E-state index contributed by atoms with van der Waals surface area (Å²) in [5.74, 6) is 1.74. The quantitative estimate of drug-likeness (QED) is 0.691. The Kier molecular flexibility index (Phi) is 3.74. The molecule has 1 aliphatic heterocycles. The number of anilines is 1. The third kappa shape index (κ3) is 2.50. The molecule has 4 heteroatoms. The van der Waals surface area contributed by atoms with Gasteiger partial charge >= 0.3 is 0 Å². The molecule has 0 amide bonds. The van der Waals surface area contributed by atoms with Crippen molar-refractivity contribution in [1.82, 2.24) is 0 Å². The molecule has 1 aliphatic carbocycles. The molecular formula is C19H17Cl2NO. The van der Waals surface area contributed by atoms with Gasteiger partial charge in [0.25, 0.3) is 0 Å². The molecule has 2 aromatic rings. The molecule has 0 spiro atoms. The molecular weight excluding hydrogens is 329 g/mol. The Labute approximate surface area is 146 Å². The smallest absolute Gasteiger partial charge is 0.119 e. The second kappa shape index (κ2) is 5.77. The zero-order chi connectivity index (χ0) is 16.0. The molecule has 0 fully saturated rings. The Morgan fingerprint density at radius 2 is 1.96 bits per heavy atom. The summed E-state index contributed by atoms with van der Waals surface area (Å²) in [5, 5.41) is 5.06. The molecule has 0 unspecified atom stereocenters. The molecule has 0 bridgehead atoms. The van der Waals surface area contributed by atoms with Gasteiger partial charge in [-0.15, -0.1) is 0 Å². The average Bonchev–Trinajstić information content (AvgIpc) is 3.04. The third-order valence-electron chi connectivity index (χ3n) is 4.87. The van der Waals surface area contributed by atoms with Crippen LogP contribution in [0.3, 0.4) is 0 Å². The van der Waals surface area contributed by atoms with Crippen LogP contribution in [0.25, 0.3) is 0 Å². The van der Waals surface area contributed by atoms with Crippen LogP contribution < -0.4 is 10.1 Å². The first-order valence-electron chi connectivity index (χ1n) is 7.73. The minimum atomic E-state index is 0.181. The van der Waals surface area contributed by atoms with Crippen LogP contribution >= 0.6 is 23.2 Å². The number of ether oxygens (including phenoxy) is 1. The van der Waals surface area contributed by atoms with E-state index in [1.165, 1.54) is 5.56 Å². The molecule has 2 nitrogen and oxygen atoms in total. The average molecular weight is 346 g/mol. The number of methoxy groups -OCH3 is 1. The normalized spacial score (nSPS) is 24.7. The Bertz CT molecular complexity index is 787. The number of nitrogens with one attached hydrogen (secondary N) is 1. The van der Waals surface area contributed by atoms with E-state index in [2.05, 4.69) is 29.6 Å². The maximum atomic E-state index is 6.46. The van der Waals surface area contributed by atoms with E-state index in [0.29, 0.717) is 16.9 Å². The first-order valence-corrected chi connectivity index (χ1v) is 8.49. The third-order valence-corrected chi connectivity index (χ3v) is 5.43. The van der Waals surface area contributed by atoms with E-state index < -0.39 is 0 Å². The monoisotopic (exact) mass is 345 g/mol. The van der Waals surface area contributed by atoms with Crippen LogP contribution in [0.15, 0.2) is 48.6 Å². The molecule has 0 aromatic heterocycles. The van der Waals surface area contributed by atoms with Gasteiger partial charge in [0.05, 0.1) is 13.2 Å². The van der Waals surface area contributed by atoms with E-state index in [4.69, 9.17) is 27.9 Å². The molecule has 23 heavy (non-hydrogen) atoms. The second-order valence-electron chi connectivity index (χ2n) is 6.09. The van der Waals surface area contributed by atoms with Crippen molar-refractivity contribution in [3.05, 3.63) is 69.7 Å². The molecule has 1 heterocycles. The molecule has 3 atom stereocenters. The van der Waals surface area contributed by atoms with Gasteiger partial charge in [-0.3, -0.25) is 0 Å².